The first-order valence-corrected chi connectivity index (χ1v) is 9.82. The third kappa shape index (κ3) is 7.24. The summed E-state index contributed by atoms with van der Waals surface area (Å²) in [6.07, 6.45) is 0. The second kappa shape index (κ2) is 13.0. The van der Waals surface area contributed by atoms with Crippen LogP contribution < -0.4 is 14.8 Å². The van der Waals surface area contributed by atoms with Crippen molar-refractivity contribution in [2.75, 3.05) is 40.6 Å². The van der Waals surface area contributed by atoms with Gasteiger partial charge in [-0.15, -0.1) is 0 Å². The Morgan fingerprint density at radius 2 is 1.50 bits per heavy atom. The van der Waals surface area contributed by atoms with Gasteiger partial charge in [0.15, 0.2) is 5.52 Å². The molecule has 0 N–H and O–H groups in total. The summed E-state index contributed by atoms with van der Waals surface area (Å²) < 4.78 is 21.6. The van der Waals surface area contributed by atoms with Crippen LogP contribution in [0.25, 0.3) is 0 Å². The van der Waals surface area contributed by atoms with Gasteiger partial charge >= 0.3 is 18.9 Å². The van der Waals surface area contributed by atoms with Gasteiger partial charge in [0.25, 0.3) is 0 Å². The maximum atomic E-state index is 12.9. The van der Waals surface area contributed by atoms with Gasteiger partial charge in [-0.3, -0.25) is 4.79 Å². The summed E-state index contributed by atoms with van der Waals surface area (Å²) in [4.78, 5) is 12.9. The molecule has 0 aromatic heterocycles. The van der Waals surface area contributed by atoms with Gasteiger partial charge in [-0.05, 0) is 45.7 Å². The molecule has 0 radical (unpaired) electrons. The van der Waals surface area contributed by atoms with Gasteiger partial charge in [-0.1, -0.05) is 18.2 Å². The molecule has 7 heteroatoms. The summed E-state index contributed by atoms with van der Waals surface area (Å²) in [6, 6.07) is 11.5. The molecule has 0 aliphatic heterocycles. The second-order valence-corrected chi connectivity index (χ2v) is 7.30. The van der Waals surface area contributed by atoms with Gasteiger partial charge in [-0.25, -0.2) is 0 Å². The van der Waals surface area contributed by atoms with Crippen molar-refractivity contribution in [2.24, 2.45) is 0 Å². The standard InChI is InChI=1S/C21H27O5P.Li.H/c1-15-6-5-7-16(2)20(15)21(22)27-19-9-8-17(25-12-10-23-3)14-18(19)26-13-11-24-4;;/h5-9,14,27H,10-13H2,1-4H3;;. The molecule has 0 aliphatic carbocycles. The number of rotatable bonds is 11. The van der Waals surface area contributed by atoms with E-state index in [-0.39, 0.29) is 33.0 Å². The minimum atomic E-state index is -0.0270. The molecule has 1 unspecified atom stereocenters. The first-order chi connectivity index (χ1) is 13.1. The normalized spacial score (nSPS) is 10.7. The van der Waals surface area contributed by atoms with Crippen molar-refractivity contribution < 1.29 is 23.7 Å². The van der Waals surface area contributed by atoms with Gasteiger partial charge in [-0.2, -0.15) is 0 Å². The number of methoxy groups -OCH3 is 2. The van der Waals surface area contributed by atoms with E-state index in [0.717, 1.165) is 22.0 Å². The van der Waals surface area contributed by atoms with E-state index < -0.39 is 0 Å². The van der Waals surface area contributed by atoms with Crippen LogP contribution >= 0.6 is 8.58 Å². The van der Waals surface area contributed by atoms with E-state index in [4.69, 9.17) is 18.9 Å². The number of carbonyl (C=O) groups excluding carboxylic acids is 1. The molecule has 0 heterocycles. The van der Waals surface area contributed by atoms with E-state index in [1.165, 1.54) is 0 Å². The van der Waals surface area contributed by atoms with E-state index in [0.29, 0.717) is 37.9 Å². The Morgan fingerprint density at radius 1 is 0.893 bits per heavy atom. The average Bonchev–Trinajstić information content (AvgIpc) is 2.64. The third-order valence-electron chi connectivity index (χ3n) is 4.01. The number of ether oxygens (including phenoxy) is 4. The zero-order valence-corrected chi connectivity index (χ0v) is 17.3. The van der Waals surface area contributed by atoms with Crippen molar-refractivity contribution in [3.8, 4) is 11.5 Å². The molecular weight excluding hydrogens is 370 g/mol. The summed E-state index contributed by atoms with van der Waals surface area (Å²) in [5.74, 6) is 1.34. The van der Waals surface area contributed by atoms with Crippen molar-refractivity contribution in [1.82, 2.24) is 0 Å². The SMILES string of the molecule is COCCOc1ccc(PC(=O)c2c(C)cccc2C)c(OCCOC)c1.[LiH]. The monoisotopic (exact) mass is 398 g/mol. The first-order valence-electron chi connectivity index (χ1n) is 8.82. The van der Waals surface area contributed by atoms with Crippen molar-refractivity contribution >= 4 is 38.3 Å². The van der Waals surface area contributed by atoms with Gasteiger partial charge in [0.05, 0.1) is 13.2 Å². The van der Waals surface area contributed by atoms with Crippen LogP contribution in [-0.2, 0) is 9.47 Å². The number of hydrogen-bond acceptors (Lipinski definition) is 5. The van der Waals surface area contributed by atoms with Crippen molar-refractivity contribution in [3.05, 3.63) is 53.1 Å². The van der Waals surface area contributed by atoms with Crippen LogP contribution in [0.1, 0.15) is 21.5 Å². The van der Waals surface area contributed by atoms with Crippen LogP contribution in [0.5, 0.6) is 11.5 Å². The Labute approximate surface area is 181 Å². The van der Waals surface area contributed by atoms with Crippen LogP contribution in [0.4, 0.5) is 0 Å². The molecule has 0 spiro atoms. The molecule has 0 bridgehead atoms. The molecule has 2 aromatic carbocycles. The molecule has 1 atom stereocenters. The zero-order chi connectivity index (χ0) is 19.6. The molecule has 2 rings (SSSR count). The van der Waals surface area contributed by atoms with Crippen molar-refractivity contribution in [1.29, 1.82) is 0 Å². The van der Waals surface area contributed by atoms with E-state index in [2.05, 4.69) is 0 Å². The summed E-state index contributed by atoms with van der Waals surface area (Å²) in [6.45, 7) is 5.78. The molecule has 5 nitrogen and oxygen atoms in total. The zero-order valence-electron chi connectivity index (χ0n) is 16.3. The van der Waals surface area contributed by atoms with Crippen LogP contribution in [0.2, 0.25) is 0 Å². The summed E-state index contributed by atoms with van der Waals surface area (Å²) in [7, 11) is 3.23. The molecule has 2 aromatic rings. The van der Waals surface area contributed by atoms with E-state index in [9.17, 15) is 4.79 Å². The van der Waals surface area contributed by atoms with Crippen LogP contribution in [0.3, 0.4) is 0 Å². The summed E-state index contributed by atoms with van der Waals surface area (Å²) >= 11 is 0. The minimum absolute atomic E-state index is 0. The number of aryl methyl sites for hydroxylation is 2. The quantitative estimate of drug-likeness (QED) is 0.331. The van der Waals surface area contributed by atoms with Crippen molar-refractivity contribution in [2.45, 2.75) is 13.8 Å². The van der Waals surface area contributed by atoms with Crippen LogP contribution in [0.15, 0.2) is 36.4 Å². The van der Waals surface area contributed by atoms with Gasteiger partial charge in [0, 0.05) is 31.2 Å². The molecule has 0 saturated heterocycles. The van der Waals surface area contributed by atoms with Crippen LogP contribution in [0, 0.1) is 13.8 Å². The first kappa shape index (κ1) is 24.7. The second-order valence-electron chi connectivity index (χ2n) is 6.06. The van der Waals surface area contributed by atoms with Crippen molar-refractivity contribution in [3.63, 3.8) is 0 Å². The Kier molecular flexibility index (Phi) is 11.5. The number of hydrogen-bond donors (Lipinski definition) is 0. The predicted octanol–water partition coefficient (Wildman–Crippen LogP) is 2.85. The molecule has 0 aliphatic rings. The molecule has 148 valence electrons. The van der Waals surface area contributed by atoms with Crippen LogP contribution in [-0.4, -0.2) is 65.0 Å². The molecule has 0 saturated carbocycles. The fourth-order valence-corrected chi connectivity index (χ4v) is 3.85. The Bertz CT molecular complexity index is 746. The van der Waals surface area contributed by atoms with Gasteiger partial charge in [0.1, 0.15) is 24.7 Å². The topological polar surface area (TPSA) is 54.0 Å². The summed E-state index contributed by atoms with van der Waals surface area (Å²) in [5, 5.41) is 0.859. The van der Waals surface area contributed by atoms with E-state index in [1.807, 2.05) is 50.2 Å². The Hall–Kier alpha value is -1.34. The van der Waals surface area contributed by atoms with E-state index in [1.54, 1.807) is 14.2 Å². The average molecular weight is 398 g/mol. The Morgan fingerprint density at radius 3 is 2.11 bits per heavy atom. The molecular formula is C21H28LiO5P. The predicted molar refractivity (Wildman–Crippen MR) is 117 cm³/mol. The fraction of sp³-hybridized carbons (Fsp3) is 0.381. The maximum absolute atomic E-state index is 12.9. The van der Waals surface area contributed by atoms with Gasteiger partial charge in [0.2, 0.25) is 0 Å². The van der Waals surface area contributed by atoms with Gasteiger partial charge < -0.3 is 18.9 Å². The molecule has 28 heavy (non-hydrogen) atoms. The Balaban J connectivity index is 0.00000392. The third-order valence-corrected chi connectivity index (χ3v) is 5.17. The number of carbonyl (C=O) groups is 1. The fourth-order valence-electron chi connectivity index (χ4n) is 2.65. The van der Waals surface area contributed by atoms with E-state index >= 15 is 0 Å². The summed E-state index contributed by atoms with van der Waals surface area (Å²) in [5.41, 5.74) is 2.89. The molecule has 0 fully saturated rings. The molecule has 0 amide bonds. The number of benzene rings is 2.